The van der Waals surface area contributed by atoms with Crippen LogP contribution in [0.4, 0.5) is 24.7 Å². The number of nitrogens with zero attached hydrogens (tertiary/aromatic N) is 3. The van der Waals surface area contributed by atoms with Crippen LogP contribution in [0.5, 0.6) is 0 Å². The number of nitrogens with one attached hydrogen (secondary N) is 2. The lowest BCUT2D eigenvalue weighted by Gasteiger charge is -2.20. The van der Waals surface area contributed by atoms with E-state index in [1.165, 1.54) is 22.7 Å². The van der Waals surface area contributed by atoms with Gasteiger partial charge in [-0.05, 0) is 24.4 Å². The number of aromatic nitrogens is 2. The molecule has 0 aromatic carbocycles. The van der Waals surface area contributed by atoms with Crippen molar-refractivity contribution in [2.24, 2.45) is 0 Å². The minimum atomic E-state index is -5.08. The molecule has 1 fully saturated rings. The van der Waals surface area contributed by atoms with Gasteiger partial charge in [-0.25, -0.2) is 14.8 Å². The Bertz CT molecular complexity index is 1100. The van der Waals surface area contributed by atoms with Crippen molar-refractivity contribution in [3.05, 3.63) is 32.9 Å². The van der Waals surface area contributed by atoms with Crippen molar-refractivity contribution >= 4 is 68.0 Å². The summed E-state index contributed by atoms with van der Waals surface area (Å²) in [5, 5.41) is 17.0. The molecule has 4 rings (SSSR count). The number of fused-ring (bicyclic) bond motifs is 1. The van der Waals surface area contributed by atoms with Crippen LogP contribution >= 0.6 is 34.3 Å². The summed E-state index contributed by atoms with van der Waals surface area (Å²) in [7, 11) is 0. The molecule has 32 heavy (non-hydrogen) atoms. The third-order valence-electron chi connectivity index (χ3n) is 4.29. The van der Waals surface area contributed by atoms with Crippen LogP contribution in [-0.2, 0) is 4.79 Å². The number of halogens is 4. The lowest BCUT2D eigenvalue weighted by Crippen LogP contribution is -2.28. The molecule has 1 saturated heterocycles. The van der Waals surface area contributed by atoms with E-state index in [4.69, 9.17) is 26.5 Å². The van der Waals surface area contributed by atoms with Crippen molar-refractivity contribution in [1.82, 2.24) is 15.3 Å². The highest BCUT2D eigenvalue weighted by Crippen LogP contribution is 2.30. The van der Waals surface area contributed by atoms with Gasteiger partial charge in [0.25, 0.3) is 5.91 Å². The fraction of sp³-hybridized carbons (Fsp3) is 0.333. The predicted octanol–water partition coefficient (Wildman–Crippen LogP) is 4.09. The Morgan fingerprint density at radius 2 is 2.00 bits per heavy atom. The van der Waals surface area contributed by atoms with Gasteiger partial charge in [0.1, 0.15) is 20.5 Å². The van der Waals surface area contributed by atoms with Gasteiger partial charge in [-0.1, -0.05) is 11.6 Å². The molecule has 0 atom stereocenters. The van der Waals surface area contributed by atoms with Crippen LogP contribution in [0.3, 0.4) is 0 Å². The van der Waals surface area contributed by atoms with E-state index < -0.39 is 12.1 Å². The number of hydrogen-bond acceptors (Lipinski definition) is 8. The molecule has 0 bridgehead atoms. The molecule has 3 N–H and O–H groups in total. The maximum absolute atomic E-state index is 12.6. The van der Waals surface area contributed by atoms with E-state index in [0.717, 1.165) is 43.2 Å². The molecule has 1 aliphatic heterocycles. The van der Waals surface area contributed by atoms with E-state index in [0.29, 0.717) is 21.1 Å². The zero-order chi connectivity index (χ0) is 23.3. The van der Waals surface area contributed by atoms with Crippen molar-refractivity contribution in [2.45, 2.75) is 12.6 Å². The molecule has 0 spiro atoms. The Hall–Kier alpha value is -2.48. The van der Waals surface area contributed by atoms with E-state index in [1.807, 2.05) is 5.38 Å². The summed E-state index contributed by atoms with van der Waals surface area (Å²) in [5.74, 6) is -2.15. The number of carbonyl (C=O) groups is 2. The van der Waals surface area contributed by atoms with Crippen LogP contribution in [0.2, 0.25) is 4.34 Å². The van der Waals surface area contributed by atoms with Crippen molar-refractivity contribution in [3.8, 4) is 0 Å². The van der Waals surface area contributed by atoms with Gasteiger partial charge >= 0.3 is 12.1 Å². The zero-order valence-corrected chi connectivity index (χ0v) is 18.7. The Balaban J connectivity index is 0.000000360. The molecule has 1 aliphatic rings. The van der Waals surface area contributed by atoms with E-state index in [9.17, 15) is 18.0 Å². The average molecular weight is 508 g/mol. The number of alkyl halides is 3. The predicted molar refractivity (Wildman–Crippen MR) is 118 cm³/mol. The minimum Gasteiger partial charge on any atom is -0.475 e. The molecule has 3 aromatic rings. The van der Waals surface area contributed by atoms with Gasteiger partial charge in [-0.15, -0.1) is 22.7 Å². The van der Waals surface area contributed by atoms with Gasteiger partial charge in [-0.3, -0.25) is 4.79 Å². The van der Waals surface area contributed by atoms with Gasteiger partial charge in [0, 0.05) is 25.0 Å². The van der Waals surface area contributed by atoms with Crippen LogP contribution in [0.25, 0.3) is 10.3 Å². The SMILES string of the molecule is O=C(Nc1ccsc1Cl)c1csc2ncc(N3CCCNCC3)nc12.O=C(O)C(F)(F)F. The van der Waals surface area contributed by atoms with E-state index in [-0.39, 0.29) is 5.91 Å². The molecule has 3 aromatic heterocycles. The Morgan fingerprint density at radius 3 is 2.66 bits per heavy atom. The molecule has 0 aliphatic carbocycles. The second kappa shape index (κ2) is 10.4. The van der Waals surface area contributed by atoms with Crippen LogP contribution in [-0.4, -0.2) is 59.3 Å². The summed E-state index contributed by atoms with van der Waals surface area (Å²) in [6.07, 6.45) is -2.23. The van der Waals surface area contributed by atoms with Crippen molar-refractivity contribution in [1.29, 1.82) is 0 Å². The number of rotatable bonds is 3. The molecule has 0 saturated carbocycles. The number of anilines is 2. The van der Waals surface area contributed by atoms with E-state index in [2.05, 4.69) is 20.5 Å². The number of carboxylic acid groups (broad SMARTS) is 1. The monoisotopic (exact) mass is 507 g/mol. The average Bonchev–Trinajstić information content (AvgIpc) is 3.23. The quantitative estimate of drug-likeness (QED) is 0.490. The van der Waals surface area contributed by atoms with Crippen LogP contribution in [0.15, 0.2) is 23.0 Å². The Labute approximate surface area is 193 Å². The summed E-state index contributed by atoms with van der Waals surface area (Å²) >= 11 is 8.88. The Morgan fingerprint density at radius 1 is 1.25 bits per heavy atom. The van der Waals surface area contributed by atoms with Gasteiger partial charge in [0.05, 0.1) is 17.4 Å². The standard InChI is InChI=1S/C16H16ClN5OS2.C2HF3O2/c17-14-11(2-7-24-14)20-15(23)10-9-25-16-13(10)21-12(8-19-16)22-5-1-3-18-4-6-22;3-2(4,5)1(6)7/h2,7-9,18H,1,3-6H2,(H,20,23);(H,6,7). The molecule has 4 heterocycles. The lowest BCUT2D eigenvalue weighted by atomic mass is 10.2. The van der Waals surface area contributed by atoms with Crippen LogP contribution < -0.4 is 15.5 Å². The summed E-state index contributed by atoms with van der Waals surface area (Å²) in [5.41, 5.74) is 1.80. The molecule has 172 valence electrons. The fourth-order valence-electron chi connectivity index (χ4n) is 2.76. The highest BCUT2D eigenvalue weighted by Gasteiger charge is 2.38. The first-order valence-electron chi connectivity index (χ1n) is 9.21. The minimum absolute atomic E-state index is 0.212. The first-order valence-corrected chi connectivity index (χ1v) is 11.3. The number of aliphatic carboxylic acids is 1. The number of amides is 1. The van der Waals surface area contributed by atoms with Crippen molar-refractivity contribution in [3.63, 3.8) is 0 Å². The smallest absolute Gasteiger partial charge is 0.475 e. The van der Waals surface area contributed by atoms with Gasteiger partial charge in [0.2, 0.25) is 0 Å². The molecular formula is C18H17ClF3N5O3S2. The van der Waals surface area contributed by atoms with Gasteiger partial charge in [0.15, 0.2) is 0 Å². The highest BCUT2D eigenvalue weighted by molar-refractivity contribution is 7.17. The van der Waals surface area contributed by atoms with Crippen LogP contribution in [0.1, 0.15) is 16.8 Å². The fourth-order valence-corrected chi connectivity index (χ4v) is 4.42. The topological polar surface area (TPSA) is 107 Å². The second-order valence-corrected chi connectivity index (χ2v) is 8.86. The molecule has 0 unspecified atom stereocenters. The third kappa shape index (κ3) is 6.06. The Kier molecular flexibility index (Phi) is 7.87. The van der Waals surface area contributed by atoms with E-state index in [1.54, 1.807) is 17.6 Å². The van der Waals surface area contributed by atoms with Gasteiger partial charge in [-0.2, -0.15) is 13.2 Å². The number of carbonyl (C=O) groups excluding carboxylic acids is 1. The van der Waals surface area contributed by atoms with Gasteiger partial charge < -0.3 is 20.6 Å². The largest absolute Gasteiger partial charge is 0.490 e. The first-order chi connectivity index (χ1) is 15.2. The first kappa shape index (κ1) is 24.2. The molecular weight excluding hydrogens is 491 g/mol. The van der Waals surface area contributed by atoms with Crippen LogP contribution in [0, 0.1) is 0 Å². The zero-order valence-electron chi connectivity index (χ0n) is 16.3. The molecule has 8 nitrogen and oxygen atoms in total. The molecule has 14 heteroatoms. The molecule has 0 radical (unpaired) electrons. The summed E-state index contributed by atoms with van der Waals surface area (Å²) in [4.78, 5) is 33.7. The number of carboxylic acids is 1. The third-order valence-corrected chi connectivity index (χ3v) is 6.33. The summed E-state index contributed by atoms with van der Waals surface area (Å²) in [6.45, 7) is 3.76. The highest BCUT2D eigenvalue weighted by atomic mass is 35.5. The van der Waals surface area contributed by atoms with Crippen molar-refractivity contribution in [2.75, 3.05) is 36.4 Å². The number of thiophene rings is 2. The second-order valence-electron chi connectivity index (χ2n) is 6.49. The molecule has 1 amide bonds. The summed E-state index contributed by atoms with van der Waals surface area (Å²) in [6, 6.07) is 1.79. The number of hydrogen-bond donors (Lipinski definition) is 3. The maximum Gasteiger partial charge on any atom is 0.490 e. The van der Waals surface area contributed by atoms with E-state index >= 15 is 0 Å². The lowest BCUT2D eigenvalue weighted by molar-refractivity contribution is -0.192. The summed E-state index contributed by atoms with van der Waals surface area (Å²) < 4.78 is 32.3. The van der Waals surface area contributed by atoms with Crippen molar-refractivity contribution < 1.29 is 27.9 Å². The maximum atomic E-state index is 12.6. The normalized spacial score (nSPS) is 14.4.